The van der Waals surface area contributed by atoms with Crippen LogP contribution in [0.1, 0.15) is 207 Å². The van der Waals surface area contributed by atoms with Crippen molar-refractivity contribution in [1.82, 2.24) is 0 Å². The van der Waals surface area contributed by atoms with Crippen molar-refractivity contribution < 1.29 is 0 Å². The van der Waals surface area contributed by atoms with Crippen molar-refractivity contribution in [3.05, 3.63) is 220 Å². The maximum Gasteiger partial charge on any atom is 0.252 e. The van der Waals surface area contributed by atoms with E-state index >= 15 is 0 Å². The molecule has 91 heavy (non-hydrogen) atoms. The maximum absolute atomic E-state index is 2.88. The molecule has 1 fully saturated rings. The molecule has 3 nitrogen and oxygen atoms in total. The Kier molecular flexibility index (Phi) is 13.3. The lowest BCUT2D eigenvalue weighted by Gasteiger charge is -2.51. The molecule has 2 unspecified atom stereocenters. The molecule has 0 bridgehead atoms. The van der Waals surface area contributed by atoms with E-state index in [4.69, 9.17) is 0 Å². The first-order valence-electron chi connectivity index (χ1n) is 34.6. The van der Waals surface area contributed by atoms with Gasteiger partial charge in [-0.05, 0) is 228 Å². The molecule has 0 saturated heterocycles. The number of rotatable bonds is 6. The molecule has 3 heterocycles. The van der Waals surface area contributed by atoms with Crippen LogP contribution in [0.5, 0.6) is 0 Å². The Morgan fingerprint density at radius 3 is 1.41 bits per heavy atom. The summed E-state index contributed by atoms with van der Waals surface area (Å²) in [6.45, 7) is 41.7. The van der Waals surface area contributed by atoms with Gasteiger partial charge in [0.05, 0.1) is 11.2 Å². The second kappa shape index (κ2) is 20.2. The van der Waals surface area contributed by atoms with Gasteiger partial charge in [0.2, 0.25) is 0 Å². The number of hydrogen-bond donors (Lipinski definition) is 0. The van der Waals surface area contributed by atoms with E-state index in [0.29, 0.717) is 0 Å². The second-order valence-electron chi connectivity index (χ2n) is 33.9. The van der Waals surface area contributed by atoms with Crippen molar-refractivity contribution in [3.8, 4) is 33.4 Å². The van der Waals surface area contributed by atoms with Crippen LogP contribution < -0.4 is 31.1 Å². The van der Waals surface area contributed by atoms with Gasteiger partial charge in [0.15, 0.2) is 0 Å². The second-order valence-corrected chi connectivity index (χ2v) is 33.9. The Balaban J connectivity index is 1.09. The Hall–Kier alpha value is -7.56. The van der Waals surface area contributed by atoms with E-state index in [2.05, 4.69) is 308 Å². The molecule has 1 saturated carbocycles. The van der Waals surface area contributed by atoms with Gasteiger partial charge in [-0.2, -0.15) is 0 Å². The van der Waals surface area contributed by atoms with Crippen molar-refractivity contribution in [3.63, 3.8) is 0 Å². The molecule has 6 aliphatic rings. The SMILES string of the molecule is Cc1cc2c(cc1N1c3ccc(-c4ccccc4)cc3B3c4cc5c(cc4N(c4ccc(C(C)(C)C)cc4-c4ccccc4)c4cc(N6c7ccc(-c8ccc(C(C)(C)C)cc8)cc7C7(C)CCCCC67C)cc1c43)C(C)(C)CCC5(C)C)C(C)(C)CCC2(C)C. The zero-order chi connectivity index (χ0) is 63.9. The van der Waals surface area contributed by atoms with Crippen LogP contribution in [0.3, 0.4) is 0 Å². The van der Waals surface area contributed by atoms with Crippen LogP contribution in [0.2, 0.25) is 0 Å². The monoisotopic (exact) mass is 1190 g/mol. The van der Waals surface area contributed by atoms with Gasteiger partial charge in [0, 0.05) is 50.8 Å². The Morgan fingerprint density at radius 1 is 0.352 bits per heavy atom. The normalized spacial score (nSPS) is 21.2. The molecule has 15 rings (SSSR count). The van der Waals surface area contributed by atoms with Crippen LogP contribution in [0.4, 0.5) is 45.5 Å². The molecule has 9 aromatic carbocycles. The molecule has 9 aromatic rings. The van der Waals surface area contributed by atoms with E-state index in [0.717, 1.165) is 32.1 Å². The zero-order valence-electron chi connectivity index (χ0n) is 57.8. The largest absolute Gasteiger partial charge is 0.334 e. The number of hydrogen-bond acceptors (Lipinski definition) is 3. The molecule has 0 radical (unpaired) electrons. The smallest absolute Gasteiger partial charge is 0.252 e. The quantitative estimate of drug-likeness (QED) is 0.154. The highest BCUT2D eigenvalue weighted by atomic mass is 15.3. The lowest BCUT2D eigenvalue weighted by Crippen LogP contribution is -2.62. The zero-order valence-corrected chi connectivity index (χ0v) is 57.8. The first-order chi connectivity index (χ1) is 43.0. The Labute approximate surface area is 546 Å². The lowest BCUT2D eigenvalue weighted by molar-refractivity contribution is 0.195. The summed E-state index contributed by atoms with van der Waals surface area (Å²) in [6.07, 6.45) is 9.25. The fraction of sp³-hybridized carbons (Fsp3) is 0.379. The molecule has 0 spiro atoms. The number of benzene rings is 9. The van der Waals surface area contributed by atoms with Gasteiger partial charge in [0.1, 0.15) is 0 Å². The van der Waals surface area contributed by atoms with Crippen LogP contribution in [0, 0.1) is 6.92 Å². The van der Waals surface area contributed by atoms with Gasteiger partial charge in [-0.1, -0.05) is 238 Å². The third-order valence-corrected chi connectivity index (χ3v) is 24.2. The van der Waals surface area contributed by atoms with Crippen LogP contribution >= 0.6 is 0 Å². The van der Waals surface area contributed by atoms with Gasteiger partial charge in [-0.15, -0.1) is 0 Å². The first-order valence-corrected chi connectivity index (χ1v) is 34.6. The summed E-state index contributed by atoms with van der Waals surface area (Å²) in [5.41, 5.74) is 33.0. The van der Waals surface area contributed by atoms with Crippen LogP contribution in [0.25, 0.3) is 33.4 Å². The van der Waals surface area contributed by atoms with Gasteiger partial charge >= 0.3 is 0 Å². The fourth-order valence-corrected chi connectivity index (χ4v) is 18.0. The number of fused-ring (bicyclic) bond motifs is 9. The molecule has 3 aliphatic heterocycles. The van der Waals surface area contributed by atoms with Gasteiger partial charge in [0.25, 0.3) is 6.71 Å². The minimum atomic E-state index is -0.225. The molecule has 4 heteroatoms. The molecule has 2 atom stereocenters. The average molecular weight is 1190 g/mol. The highest BCUT2D eigenvalue weighted by Crippen LogP contribution is 2.63. The lowest BCUT2D eigenvalue weighted by atomic mass is 9.33. The molecular weight excluding hydrogens is 1100 g/mol. The van der Waals surface area contributed by atoms with Crippen molar-refractivity contribution in [2.24, 2.45) is 0 Å². The number of anilines is 8. The van der Waals surface area contributed by atoms with E-state index in [1.54, 1.807) is 0 Å². The highest BCUT2D eigenvalue weighted by Gasteiger charge is 2.59. The van der Waals surface area contributed by atoms with Crippen LogP contribution in [-0.4, -0.2) is 12.3 Å². The van der Waals surface area contributed by atoms with E-state index in [1.165, 1.54) is 159 Å². The number of aryl methyl sites for hydroxylation is 1. The molecule has 462 valence electrons. The summed E-state index contributed by atoms with van der Waals surface area (Å²) in [6, 6.07) is 70.6. The highest BCUT2D eigenvalue weighted by molar-refractivity contribution is 7.00. The van der Waals surface area contributed by atoms with Gasteiger partial charge < -0.3 is 14.7 Å². The summed E-state index contributed by atoms with van der Waals surface area (Å²) in [7, 11) is 0. The minimum Gasteiger partial charge on any atom is -0.334 e. The molecule has 3 aliphatic carbocycles. The number of nitrogens with zero attached hydrogens (tertiary/aromatic N) is 3. The topological polar surface area (TPSA) is 9.72 Å². The summed E-state index contributed by atoms with van der Waals surface area (Å²) in [4.78, 5) is 8.44. The summed E-state index contributed by atoms with van der Waals surface area (Å²) in [5, 5.41) is 0. The summed E-state index contributed by atoms with van der Waals surface area (Å²) < 4.78 is 0. The van der Waals surface area contributed by atoms with Gasteiger partial charge in [-0.25, -0.2) is 0 Å². The summed E-state index contributed by atoms with van der Waals surface area (Å²) >= 11 is 0. The van der Waals surface area contributed by atoms with Crippen molar-refractivity contribution in [1.29, 1.82) is 0 Å². The van der Waals surface area contributed by atoms with Crippen LogP contribution in [0.15, 0.2) is 176 Å². The Morgan fingerprint density at radius 2 is 0.813 bits per heavy atom. The molecular formula is C87H96BN3. The molecule has 0 aromatic heterocycles. The van der Waals surface area contributed by atoms with Crippen molar-refractivity contribution >= 4 is 68.6 Å². The van der Waals surface area contributed by atoms with Crippen molar-refractivity contribution in [2.45, 2.75) is 213 Å². The predicted octanol–water partition coefficient (Wildman–Crippen LogP) is 22.1. The van der Waals surface area contributed by atoms with E-state index in [9.17, 15) is 0 Å². The van der Waals surface area contributed by atoms with E-state index in [-0.39, 0.29) is 50.2 Å². The third kappa shape index (κ3) is 9.15. The average Bonchev–Trinajstić information content (AvgIpc) is 1.50. The molecule has 0 amide bonds. The maximum atomic E-state index is 2.88. The Bertz CT molecular complexity index is 4430. The van der Waals surface area contributed by atoms with Crippen molar-refractivity contribution in [2.75, 3.05) is 14.7 Å². The standard InChI is InChI=1S/C87H96BN3/c1-55-46-65-67(84(12,13)44-42-82(65,8)9)53-75(55)90-74-38-33-60(56-26-20-18-21-27-56)48-70(74)88-71-52-66-68(85(14,15)45-43-83(66,10)11)54-76(71)89(72-39-36-62(81(5,6)7)49-64(72)58-28-22-19-23-29-58)77-50-63(51-78(90)79(77)88)91-73-37-32-59(57-30-34-61(35-31-57)80(2,3)4)47-69(73)86(16)40-24-25-41-87(86,91)17/h18-23,26-39,46-54H,24-25,40-45H2,1-17H3. The third-order valence-electron chi connectivity index (χ3n) is 24.2. The molecule has 0 N–H and O–H groups in total. The van der Waals surface area contributed by atoms with Crippen LogP contribution in [-0.2, 0) is 37.9 Å². The minimum absolute atomic E-state index is 0.00212. The van der Waals surface area contributed by atoms with Gasteiger partial charge in [-0.3, -0.25) is 0 Å². The summed E-state index contributed by atoms with van der Waals surface area (Å²) in [5.74, 6) is 0. The first kappa shape index (κ1) is 59.7. The van der Waals surface area contributed by atoms with E-state index < -0.39 is 0 Å². The fourth-order valence-electron chi connectivity index (χ4n) is 18.0. The van der Waals surface area contributed by atoms with E-state index in [1.807, 2.05) is 0 Å². The predicted molar refractivity (Wildman–Crippen MR) is 392 cm³/mol.